The predicted molar refractivity (Wildman–Crippen MR) is 130 cm³/mol. The highest BCUT2D eigenvalue weighted by Gasteiger charge is 2.38. The predicted octanol–water partition coefficient (Wildman–Crippen LogP) is 2.76. The third-order valence-corrected chi connectivity index (χ3v) is 6.97. The van der Waals surface area contributed by atoms with Crippen molar-refractivity contribution in [3.05, 3.63) is 71.9 Å². The van der Waals surface area contributed by atoms with Gasteiger partial charge in [-0.05, 0) is 55.2 Å². The van der Waals surface area contributed by atoms with Gasteiger partial charge < -0.3 is 10.2 Å². The number of nitrogens with zero attached hydrogens (tertiary/aromatic N) is 4. The molecule has 5 rings (SSSR count). The second kappa shape index (κ2) is 10.4. The first kappa shape index (κ1) is 23.8. The van der Waals surface area contributed by atoms with E-state index in [1.165, 1.54) is 12.1 Å². The van der Waals surface area contributed by atoms with Crippen LogP contribution in [0.25, 0.3) is 11.3 Å². The lowest BCUT2D eigenvalue weighted by molar-refractivity contribution is -0.147. The molecule has 186 valence electrons. The van der Waals surface area contributed by atoms with E-state index in [1.54, 1.807) is 34.1 Å². The number of likely N-dealkylation sites (tertiary alicyclic amines) is 1. The Morgan fingerprint density at radius 1 is 1.08 bits per heavy atom. The molecular weight excluding hydrogens is 461 g/mol. The van der Waals surface area contributed by atoms with Gasteiger partial charge >= 0.3 is 0 Å². The van der Waals surface area contributed by atoms with Gasteiger partial charge in [-0.15, -0.1) is 0 Å². The van der Waals surface area contributed by atoms with Crippen LogP contribution in [0.2, 0.25) is 0 Å². The Hall–Kier alpha value is -3.88. The minimum absolute atomic E-state index is 0.0307. The average Bonchev–Trinajstić information content (AvgIpc) is 3.28. The fourth-order valence-corrected chi connectivity index (χ4v) is 5.06. The number of ketones is 1. The van der Waals surface area contributed by atoms with Crippen LogP contribution in [0.3, 0.4) is 0 Å². The lowest BCUT2D eigenvalue weighted by atomic mass is 9.90. The summed E-state index contributed by atoms with van der Waals surface area (Å²) in [5.41, 5.74) is 3.26. The molecule has 8 nitrogen and oxygen atoms in total. The number of pyridine rings is 1. The zero-order valence-electron chi connectivity index (χ0n) is 19.9. The van der Waals surface area contributed by atoms with E-state index in [0.29, 0.717) is 38.0 Å². The number of nitrogens with one attached hydrogen (secondary N) is 1. The van der Waals surface area contributed by atoms with Crippen molar-refractivity contribution in [2.75, 3.05) is 13.1 Å². The minimum atomic E-state index is -0.740. The normalized spacial score (nSPS) is 20.3. The van der Waals surface area contributed by atoms with Crippen molar-refractivity contribution in [1.82, 2.24) is 25.0 Å². The molecule has 0 radical (unpaired) electrons. The SMILES string of the molecule is O=C1CC(N2CCCC(C(=O)Cn3nc(-c4ccncc4)cc3Cc3ccc(F)cc3)C2=O)CCN1. The van der Waals surface area contributed by atoms with Gasteiger partial charge in [0.15, 0.2) is 5.78 Å². The molecule has 1 N–H and O–H groups in total. The maximum Gasteiger partial charge on any atom is 0.233 e. The molecule has 2 unspecified atom stereocenters. The van der Waals surface area contributed by atoms with Crippen molar-refractivity contribution in [3.8, 4) is 11.3 Å². The van der Waals surface area contributed by atoms with Crippen LogP contribution in [-0.4, -0.2) is 56.4 Å². The second-order valence-corrected chi connectivity index (χ2v) is 9.41. The van der Waals surface area contributed by atoms with Crippen LogP contribution in [0.1, 0.15) is 36.9 Å². The third kappa shape index (κ3) is 5.19. The van der Waals surface area contributed by atoms with Gasteiger partial charge in [-0.3, -0.25) is 24.0 Å². The Morgan fingerprint density at radius 2 is 1.86 bits per heavy atom. The number of carbonyl (C=O) groups excluding carboxylic acids is 3. The molecule has 2 amide bonds. The fraction of sp³-hybridized carbons (Fsp3) is 0.370. The summed E-state index contributed by atoms with van der Waals surface area (Å²) in [5.74, 6) is -1.48. The number of Topliss-reactive ketones (excluding diaryl/α,β-unsaturated/α-hetero) is 1. The smallest absolute Gasteiger partial charge is 0.233 e. The Kier molecular flexibility index (Phi) is 6.88. The van der Waals surface area contributed by atoms with Crippen molar-refractivity contribution in [2.45, 2.75) is 44.7 Å². The average molecular weight is 490 g/mol. The minimum Gasteiger partial charge on any atom is -0.356 e. The van der Waals surface area contributed by atoms with Gasteiger partial charge in [0.1, 0.15) is 12.4 Å². The number of carbonyl (C=O) groups is 3. The Bertz CT molecular complexity index is 1260. The summed E-state index contributed by atoms with van der Waals surface area (Å²) < 4.78 is 15.1. The van der Waals surface area contributed by atoms with Crippen LogP contribution in [0.4, 0.5) is 4.39 Å². The van der Waals surface area contributed by atoms with E-state index in [2.05, 4.69) is 15.4 Å². The number of aromatic nitrogens is 3. The van der Waals surface area contributed by atoms with Gasteiger partial charge in [0, 0.05) is 55.6 Å². The number of rotatable bonds is 7. The lowest BCUT2D eigenvalue weighted by Gasteiger charge is -2.39. The summed E-state index contributed by atoms with van der Waals surface area (Å²) in [6, 6.07) is 11.7. The van der Waals surface area contributed by atoms with Crippen LogP contribution >= 0.6 is 0 Å². The van der Waals surface area contributed by atoms with Gasteiger partial charge in [0.05, 0.1) is 11.6 Å². The van der Waals surface area contributed by atoms with Crippen LogP contribution in [0, 0.1) is 11.7 Å². The maximum absolute atomic E-state index is 13.4. The zero-order chi connectivity index (χ0) is 25.1. The molecule has 9 heteroatoms. The van der Waals surface area contributed by atoms with E-state index in [4.69, 9.17) is 0 Å². The van der Waals surface area contributed by atoms with Gasteiger partial charge in [0.2, 0.25) is 11.8 Å². The number of amides is 2. The Morgan fingerprint density at radius 3 is 2.61 bits per heavy atom. The van der Waals surface area contributed by atoms with Crippen LogP contribution in [-0.2, 0) is 27.3 Å². The first-order valence-electron chi connectivity index (χ1n) is 12.3. The molecule has 0 saturated carbocycles. The quantitative estimate of drug-likeness (QED) is 0.515. The summed E-state index contributed by atoms with van der Waals surface area (Å²) >= 11 is 0. The molecule has 4 heterocycles. The summed E-state index contributed by atoms with van der Waals surface area (Å²) in [7, 11) is 0. The summed E-state index contributed by atoms with van der Waals surface area (Å²) in [4.78, 5) is 44.4. The number of hydrogen-bond donors (Lipinski definition) is 1. The Labute approximate surface area is 208 Å². The Balaban J connectivity index is 1.37. The molecule has 2 aliphatic heterocycles. The van der Waals surface area contributed by atoms with E-state index in [-0.39, 0.29) is 42.4 Å². The van der Waals surface area contributed by atoms with Crippen molar-refractivity contribution in [1.29, 1.82) is 0 Å². The summed E-state index contributed by atoms with van der Waals surface area (Å²) in [6.45, 7) is 1.09. The van der Waals surface area contributed by atoms with Crippen molar-refractivity contribution < 1.29 is 18.8 Å². The molecule has 1 aromatic carbocycles. The molecule has 0 spiro atoms. The molecular formula is C27H28FN5O3. The number of piperidine rings is 2. The van der Waals surface area contributed by atoms with Crippen LogP contribution in [0.5, 0.6) is 0 Å². The molecule has 2 saturated heterocycles. The monoisotopic (exact) mass is 489 g/mol. The number of halogens is 1. The molecule has 3 aromatic rings. The molecule has 36 heavy (non-hydrogen) atoms. The highest BCUT2D eigenvalue weighted by molar-refractivity contribution is 6.02. The molecule has 0 aliphatic carbocycles. The second-order valence-electron chi connectivity index (χ2n) is 9.41. The fourth-order valence-electron chi connectivity index (χ4n) is 5.06. The van der Waals surface area contributed by atoms with Gasteiger partial charge in [-0.2, -0.15) is 5.10 Å². The van der Waals surface area contributed by atoms with Gasteiger partial charge in [0.25, 0.3) is 0 Å². The number of benzene rings is 1. The maximum atomic E-state index is 13.4. The number of hydrogen-bond acceptors (Lipinski definition) is 5. The van der Waals surface area contributed by atoms with Gasteiger partial charge in [-0.1, -0.05) is 12.1 Å². The van der Waals surface area contributed by atoms with Gasteiger partial charge in [-0.25, -0.2) is 4.39 Å². The first-order chi connectivity index (χ1) is 17.5. The molecule has 2 fully saturated rings. The van der Waals surface area contributed by atoms with E-state index in [1.807, 2.05) is 18.2 Å². The van der Waals surface area contributed by atoms with Crippen molar-refractivity contribution >= 4 is 17.6 Å². The zero-order valence-corrected chi connectivity index (χ0v) is 19.9. The van der Waals surface area contributed by atoms with E-state index in [9.17, 15) is 18.8 Å². The standard InChI is InChI=1S/C27H28FN5O3/c28-20-5-3-18(4-6-20)14-22-15-24(19-7-10-29-11-8-19)31-33(22)17-25(34)23-2-1-13-32(27(23)36)21-9-12-30-26(35)16-21/h3-8,10-11,15,21,23H,1-2,9,12-14,16-17H2,(H,30,35). The summed E-state index contributed by atoms with van der Waals surface area (Å²) in [5, 5.41) is 7.49. The molecule has 2 aliphatic rings. The lowest BCUT2D eigenvalue weighted by Crippen LogP contribution is -2.53. The van der Waals surface area contributed by atoms with Crippen LogP contribution in [0.15, 0.2) is 54.9 Å². The van der Waals surface area contributed by atoms with E-state index in [0.717, 1.165) is 23.2 Å². The largest absolute Gasteiger partial charge is 0.356 e. The highest BCUT2D eigenvalue weighted by Crippen LogP contribution is 2.26. The summed E-state index contributed by atoms with van der Waals surface area (Å²) in [6.07, 6.45) is 6.04. The third-order valence-electron chi connectivity index (χ3n) is 6.97. The van der Waals surface area contributed by atoms with Crippen molar-refractivity contribution in [2.24, 2.45) is 5.92 Å². The molecule has 2 atom stereocenters. The highest BCUT2D eigenvalue weighted by atomic mass is 19.1. The first-order valence-corrected chi connectivity index (χ1v) is 12.3. The van der Waals surface area contributed by atoms with E-state index >= 15 is 0 Å². The van der Waals surface area contributed by atoms with Crippen LogP contribution < -0.4 is 5.32 Å². The van der Waals surface area contributed by atoms with Crippen molar-refractivity contribution in [3.63, 3.8) is 0 Å². The van der Waals surface area contributed by atoms with E-state index < -0.39 is 5.92 Å². The topological polar surface area (TPSA) is 97.2 Å². The molecule has 0 bridgehead atoms. The molecule has 2 aromatic heterocycles.